The Morgan fingerprint density at radius 2 is 1.75 bits per heavy atom. The molecule has 0 saturated heterocycles. The van der Waals surface area contributed by atoms with Crippen LogP contribution in [0.1, 0.15) is 27.8 Å². The van der Waals surface area contributed by atoms with Crippen LogP contribution in [0.2, 0.25) is 0 Å². The molecule has 3 aromatic carbocycles. The van der Waals surface area contributed by atoms with Crippen LogP contribution in [0.15, 0.2) is 59.5 Å². The van der Waals surface area contributed by atoms with Crippen LogP contribution in [-0.4, -0.2) is 25.2 Å². The van der Waals surface area contributed by atoms with E-state index in [1.807, 2.05) is 0 Å². The lowest BCUT2D eigenvalue weighted by molar-refractivity contribution is -0.140. The molecule has 1 N–H and O–H groups in total. The second-order valence-electron chi connectivity index (χ2n) is 8.45. The van der Waals surface area contributed by atoms with Crippen molar-refractivity contribution in [2.24, 2.45) is 0 Å². The third-order valence-corrected chi connectivity index (χ3v) is 7.88. The quantitative estimate of drug-likeness (QED) is 0.466. The SMILES string of the molecule is Cc1ccc2c(c1NC(=O)Cc1ccc(C(F)(F)F)c(F)c1)CCN(S(=O)(=O)c1ccccc1F)C2. The average Bonchev–Trinajstić information content (AvgIpc) is 2.80. The van der Waals surface area contributed by atoms with Crippen LogP contribution in [0.5, 0.6) is 0 Å². The molecule has 0 spiro atoms. The number of hydrogen-bond acceptors (Lipinski definition) is 3. The van der Waals surface area contributed by atoms with Crippen molar-refractivity contribution < 1.29 is 35.2 Å². The number of alkyl halides is 3. The third-order valence-electron chi connectivity index (χ3n) is 6.00. The van der Waals surface area contributed by atoms with Gasteiger partial charge in [0.2, 0.25) is 15.9 Å². The fourth-order valence-electron chi connectivity index (χ4n) is 4.19. The van der Waals surface area contributed by atoms with Crippen LogP contribution in [0.4, 0.5) is 27.6 Å². The number of hydrogen-bond donors (Lipinski definition) is 1. The lowest BCUT2D eigenvalue weighted by atomic mass is 9.95. The molecule has 0 unspecified atom stereocenters. The Balaban J connectivity index is 1.54. The minimum atomic E-state index is -4.83. The van der Waals surface area contributed by atoms with Crippen molar-refractivity contribution in [1.82, 2.24) is 4.31 Å². The number of fused-ring (bicyclic) bond motifs is 1. The predicted molar refractivity (Wildman–Crippen MR) is 123 cm³/mol. The van der Waals surface area contributed by atoms with Gasteiger partial charge in [-0.15, -0.1) is 0 Å². The van der Waals surface area contributed by atoms with Gasteiger partial charge in [-0.2, -0.15) is 17.5 Å². The van der Waals surface area contributed by atoms with E-state index >= 15 is 0 Å². The molecule has 5 nitrogen and oxygen atoms in total. The maximum absolute atomic E-state index is 14.1. The normalized spacial score (nSPS) is 14.4. The standard InChI is InChI=1S/C25H21F5N2O3S/c1-15-6-8-17-14-32(36(34,35)22-5-3-2-4-20(22)26)11-10-18(17)24(15)31-23(33)13-16-7-9-19(21(27)12-16)25(28,29)30/h2-9,12H,10-11,13-14H2,1H3,(H,31,33). The summed E-state index contributed by atoms with van der Waals surface area (Å²) in [6, 6.07) is 10.9. The molecule has 190 valence electrons. The minimum Gasteiger partial charge on any atom is -0.325 e. The summed E-state index contributed by atoms with van der Waals surface area (Å²) in [4.78, 5) is 12.2. The van der Waals surface area contributed by atoms with Crippen molar-refractivity contribution >= 4 is 21.6 Å². The van der Waals surface area contributed by atoms with Crippen molar-refractivity contribution in [2.45, 2.75) is 37.4 Å². The molecule has 1 heterocycles. The Kier molecular flexibility index (Phi) is 6.89. The van der Waals surface area contributed by atoms with Gasteiger partial charge in [0.05, 0.1) is 12.0 Å². The second-order valence-corrected chi connectivity index (χ2v) is 10.4. The number of rotatable bonds is 5. The number of anilines is 1. The molecular formula is C25H21F5N2O3S. The molecule has 36 heavy (non-hydrogen) atoms. The van der Waals surface area contributed by atoms with Crippen molar-refractivity contribution in [3.8, 4) is 0 Å². The molecule has 0 aromatic heterocycles. The molecule has 11 heteroatoms. The van der Waals surface area contributed by atoms with E-state index in [0.717, 1.165) is 12.1 Å². The number of amides is 1. The molecular weight excluding hydrogens is 503 g/mol. The molecule has 1 aliphatic heterocycles. The van der Waals surface area contributed by atoms with Crippen molar-refractivity contribution in [2.75, 3.05) is 11.9 Å². The van der Waals surface area contributed by atoms with Crippen LogP contribution >= 0.6 is 0 Å². The highest BCUT2D eigenvalue weighted by Gasteiger charge is 2.34. The van der Waals surface area contributed by atoms with Gasteiger partial charge in [-0.05, 0) is 59.9 Å². The van der Waals surface area contributed by atoms with Gasteiger partial charge in [0.15, 0.2) is 0 Å². The summed E-state index contributed by atoms with van der Waals surface area (Å²) in [5, 5.41) is 2.73. The molecule has 0 atom stereocenters. The Labute approximate surface area is 204 Å². The van der Waals surface area contributed by atoms with E-state index < -0.39 is 44.2 Å². The van der Waals surface area contributed by atoms with Gasteiger partial charge in [-0.25, -0.2) is 17.2 Å². The number of benzene rings is 3. The largest absolute Gasteiger partial charge is 0.419 e. The Hall–Kier alpha value is -3.31. The van der Waals surface area contributed by atoms with Crippen molar-refractivity contribution in [1.29, 1.82) is 0 Å². The first kappa shape index (κ1) is 25.8. The highest BCUT2D eigenvalue weighted by molar-refractivity contribution is 7.89. The molecule has 0 radical (unpaired) electrons. The summed E-state index contributed by atoms with van der Waals surface area (Å²) in [6.07, 6.45) is -4.94. The Morgan fingerprint density at radius 1 is 1.03 bits per heavy atom. The van der Waals surface area contributed by atoms with Gasteiger partial charge in [-0.1, -0.05) is 30.3 Å². The molecule has 1 amide bonds. The van der Waals surface area contributed by atoms with Gasteiger partial charge in [-0.3, -0.25) is 4.79 Å². The van der Waals surface area contributed by atoms with E-state index in [9.17, 15) is 35.2 Å². The van der Waals surface area contributed by atoms with Gasteiger partial charge < -0.3 is 5.32 Å². The van der Waals surface area contributed by atoms with E-state index in [0.29, 0.717) is 34.5 Å². The summed E-state index contributed by atoms with van der Waals surface area (Å²) < 4.78 is 93.5. The summed E-state index contributed by atoms with van der Waals surface area (Å²) in [6.45, 7) is 1.77. The highest BCUT2D eigenvalue weighted by atomic mass is 32.2. The number of aryl methyl sites for hydroxylation is 1. The Morgan fingerprint density at radius 3 is 2.42 bits per heavy atom. The van der Waals surface area contributed by atoms with Crippen LogP contribution < -0.4 is 5.32 Å². The molecule has 0 fully saturated rings. The molecule has 0 bridgehead atoms. The Bertz CT molecular complexity index is 1440. The summed E-state index contributed by atoms with van der Waals surface area (Å²) in [7, 11) is -4.08. The second kappa shape index (κ2) is 9.62. The summed E-state index contributed by atoms with van der Waals surface area (Å²) >= 11 is 0. The van der Waals surface area contributed by atoms with Gasteiger partial charge in [0.25, 0.3) is 0 Å². The molecule has 0 aliphatic carbocycles. The van der Waals surface area contributed by atoms with E-state index in [2.05, 4.69) is 5.32 Å². The molecule has 3 aromatic rings. The van der Waals surface area contributed by atoms with E-state index in [1.54, 1.807) is 19.1 Å². The number of carbonyl (C=O) groups is 1. The molecule has 4 rings (SSSR count). The zero-order chi connectivity index (χ0) is 26.3. The van der Waals surface area contributed by atoms with Gasteiger partial charge >= 0.3 is 6.18 Å². The summed E-state index contributed by atoms with van der Waals surface area (Å²) in [5.41, 5.74) is 1.17. The third kappa shape index (κ3) is 5.12. The average molecular weight is 525 g/mol. The summed E-state index contributed by atoms with van der Waals surface area (Å²) in [5.74, 6) is -2.87. The number of sulfonamides is 1. The first-order chi connectivity index (χ1) is 16.9. The first-order valence-corrected chi connectivity index (χ1v) is 12.3. The molecule has 0 saturated carbocycles. The minimum absolute atomic E-state index is 0.0285. The van der Waals surface area contributed by atoms with Crippen LogP contribution in [0.25, 0.3) is 0 Å². The van der Waals surface area contributed by atoms with Crippen LogP contribution in [-0.2, 0) is 40.4 Å². The lowest BCUT2D eigenvalue weighted by Gasteiger charge is -2.30. The molecule has 1 aliphatic rings. The lowest BCUT2D eigenvalue weighted by Crippen LogP contribution is -2.37. The fraction of sp³-hybridized carbons (Fsp3) is 0.240. The van der Waals surface area contributed by atoms with Gasteiger partial charge in [0.1, 0.15) is 16.5 Å². The maximum Gasteiger partial charge on any atom is 0.419 e. The highest BCUT2D eigenvalue weighted by Crippen LogP contribution is 2.33. The topological polar surface area (TPSA) is 66.5 Å². The zero-order valence-corrected chi connectivity index (χ0v) is 19.8. The van der Waals surface area contributed by atoms with Crippen LogP contribution in [0.3, 0.4) is 0 Å². The number of halogens is 5. The monoisotopic (exact) mass is 524 g/mol. The van der Waals surface area contributed by atoms with Gasteiger partial charge in [0, 0.05) is 18.8 Å². The maximum atomic E-state index is 14.1. The van der Waals surface area contributed by atoms with E-state index in [1.165, 1.54) is 22.5 Å². The number of nitrogens with zero attached hydrogens (tertiary/aromatic N) is 1. The van der Waals surface area contributed by atoms with Crippen molar-refractivity contribution in [3.05, 3.63) is 94.0 Å². The smallest absolute Gasteiger partial charge is 0.325 e. The van der Waals surface area contributed by atoms with Crippen LogP contribution in [0, 0.1) is 18.6 Å². The zero-order valence-electron chi connectivity index (χ0n) is 19.0. The number of nitrogens with one attached hydrogen (secondary N) is 1. The first-order valence-electron chi connectivity index (χ1n) is 10.9. The number of carbonyl (C=O) groups excluding carboxylic acids is 1. The van der Waals surface area contributed by atoms with E-state index in [-0.39, 0.29) is 31.5 Å². The van der Waals surface area contributed by atoms with Crippen molar-refractivity contribution in [3.63, 3.8) is 0 Å². The fourth-order valence-corrected chi connectivity index (χ4v) is 5.67. The van der Waals surface area contributed by atoms with E-state index in [4.69, 9.17) is 0 Å². The predicted octanol–water partition coefficient (Wildman–Crippen LogP) is 5.22.